The smallest absolute Gasteiger partial charge is 0.262 e. The van der Waals surface area contributed by atoms with Crippen molar-refractivity contribution in [2.75, 3.05) is 4.72 Å². The van der Waals surface area contributed by atoms with Crippen LogP contribution in [-0.4, -0.2) is 13.4 Å². The van der Waals surface area contributed by atoms with Crippen molar-refractivity contribution in [1.82, 2.24) is 4.98 Å². The van der Waals surface area contributed by atoms with E-state index in [1.165, 1.54) is 0 Å². The summed E-state index contributed by atoms with van der Waals surface area (Å²) in [7, 11) is -3.70. The number of benzene rings is 2. The molecule has 0 saturated carbocycles. The molecule has 130 valence electrons. The number of aryl methyl sites for hydroxylation is 3. The van der Waals surface area contributed by atoms with Gasteiger partial charge in [-0.3, -0.25) is 4.72 Å². The minimum absolute atomic E-state index is 0.223. The molecule has 0 atom stereocenters. The van der Waals surface area contributed by atoms with Crippen LogP contribution in [0.3, 0.4) is 0 Å². The summed E-state index contributed by atoms with van der Waals surface area (Å²) in [5, 5.41) is 0. The molecule has 0 aliphatic heterocycles. The Hall–Kier alpha value is -2.60. The van der Waals surface area contributed by atoms with E-state index in [0.717, 1.165) is 12.0 Å². The maximum atomic E-state index is 12.9. The Balaban J connectivity index is 1.98. The molecular formula is C19H20N2O3S. The molecule has 0 unspecified atom stereocenters. The van der Waals surface area contributed by atoms with E-state index in [4.69, 9.17) is 4.42 Å². The van der Waals surface area contributed by atoms with E-state index in [0.29, 0.717) is 28.5 Å². The van der Waals surface area contributed by atoms with Crippen LogP contribution in [-0.2, 0) is 16.4 Å². The number of sulfonamides is 1. The van der Waals surface area contributed by atoms with Gasteiger partial charge in [0.1, 0.15) is 0 Å². The van der Waals surface area contributed by atoms with Crippen LogP contribution in [0.2, 0.25) is 0 Å². The van der Waals surface area contributed by atoms with Gasteiger partial charge in [0.05, 0.1) is 11.1 Å². The highest BCUT2D eigenvalue weighted by Gasteiger charge is 2.19. The maximum Gasteiger partial charge on any atom is 0.262 e. The predicted octanol–water partition coefficient (Wildman–Crippen LogP) is 4.32. The van der Waals surface area contributed by atoms with Crippen LogP contribution >= 0.6 is 0 Å². The third-order valence-corrected chi connectivity index (χ3v) is 5.49. The van der Waals surface area contributed by atoms with Crippen LogP contribution in [0.4, 0.5) is 5.69 Å². The molecule has 0 saturated heterocycles. The molecule has 0 aliphatic carbocycles. The second kappa shape index (κ2) is 6.72. The molecule has 0 fully saturated rings. The molecule has 6 heteroatoms. The molecule has 1 aromatic heterocycles. The van der Waals surface area contributed by atoms with Crippen LogP contribution < -0.4 is 4.72 Å². The van der Waals surface area contributed by atoms with Crippen molar-refractivity contribution in [3.63, 3.8) is 0 Å². The van der Waals surface area contributed by atoms with Crippen LogP contribution in [0.25, 0.3) is 11.3 Å². The normalized spacial score (nSPS) is 11.5. The van der Waals surface area contributed by atoms with Crippen LogP contribution in [0.15, 0.2) is 58.0 Å². The molecule has 0 aliphatic rings. The van der Waals surface area contributed by atoms with Crippen LogP contribution in [0, 0.1) is 13.8 Å². The lowest BCUT2D eigenvalue weighted by Gasteiger charge is -2.12. The van der Waals surface area contributed by atoms with Crippen molar-refractivity contribution in [2.24, 2.45) is 0 Å². The summed E-state index contributed by atoms with van der Waals surface area (Å²) < 4.78 is 33.9. The Morgan fingerprint density at radius 3 is 2.60 bits per heavy atom. The van der Waals surface area contributed by atoms with E-state index < -0.39 is 10.0 Å². The molecule has 1 heterocycles. The summed E-state index contributed by atoms with van der Waals surface area (Å²) in [6.45, 7) is 5.55. The second-order valence-electron chi connectivity index (χ2n) is 5.88. The fraction of sp³-hybridized carbons (Fsp3) is 0.211. The fourth-order valence-corrected chi connectivity index (χ4v) is 3.92. The first-order valence-corrected chi connectivity index (χ1v) is 9.52. The van der Waals surface area contributed by atoms with E-state index in [1.807, 2.05) is 31.2 Å². The average Bonchev–Trinajstić information content (AvgIpc) is 3.01. The molecule has 3 aromatic rings. The second-order valence-corrected chi connectivity index (χ2v) is 7.53. The van der Waals surface area contributed by atoms with Crippen molar-refractivity contribution in [3.8, 4) is 11.3 Å². The molecule has 2 aromatic carbocycles. The van der Waals surface area contributed by atoms with Gasteiger partial charge in [-0.25, -0.2) is 13.4 Å². The van der Waals surface area contributed by atoms with E-state index in [2.05, 4.69) is 9.71 Å². The minimum atomic E-state index is -3.70. The van der Waals surface area contributed by atoms with Gasteiger partial charge in [-0.15, -0.1) is 0 Å². The van der Waals surface area contributed by atoms with Gasteiger partial charge in [0.2, 0.25) is 0 Å². The Kier molecular flexibility index (Phi) is 4.63. The summed E-state index contributed by atoms with van der Waals surface area (Å²) in [6, 6.07) is 12.6. The zero-order chi connectivity index (χ0) is 18.0. The monoisotopic (exact) mass is 356 g/mol. The Bertz CT molecular complexity index is 1010. The minimum Gasteiger partial charge on any atom is -0.441 e. The molecule has 5 nitrogen and oxygen atoms in total. The number of hydrogen-bond acceptors (Lipinski definition) is 4. The first-order chi connectivity index (χ1) is 11.9. The van der Waals surface area contributed by atoms with Gasteiger partial charge in [-0.2, -0.15) is 0 Å². The first-order valence-electron chi connectivity index (χ1n) is 8.04. The van der Waals surface area contributed by atoms with Crippen molar-refractivity contribution in [3.05, 3.63) is 65.7 Å². The third kappa shape index (κ3) is 3.74. The molecule has 3 rings (SSSR count). The standard InChI is InChI=1S/C19H20N2O3S/c1-4-15-6-5-7-17(10-15)21-25(22,23)19-11-16(9-8-13(19)2)18-12-20-14(3)24-18/h5-12,21H,4H2,1-3H3. The van der Waals surface area contributed by atoms with Gasteiger partial charge in [-0.05, 0) is 42.7 Å². The summed E-state index contributed by atoms with van der Waals surface area (Å²) in [4.78, 5) is 4.29. The van der Waals surface area contributed by atoms with Crippen LogP contribution in [0.1, 0.15) is 23.9 Å². The van der Waals surface area contributed by atoms with Crippen molar-refractivity contribution in [2.45, 2.75) is 32.1 Å². The molecule has 0 amide bonds. The highest BCUT2D eigenvalue weighted by atomic mass is 32.2. The lowest BCUT2D eigenvalue weighted by Crippen LogP contribution is -2.14. The quantitative estimate of drug-likeness (QED) is 0.739. The van der Waals surface area contributed by atoms with Gasteiger partial charge >= 0.3 is 0 Å². The third-order valence-electron chi connectivity index (χ3n) is 3.97. The number of hydrogen-bond donors (Lipinski definition) is 1. The molecular weight excluding hydrogens is 336 g/mol. The molecule has 0 bridgehead atoms. The molecule has 1 N–H and O–H groups in total. The number of rotatable bonds is 5. The zero-order valence-electron chi connectivity index (χ0n) is 14.4. The molecule has 0 spiro atoms. The highest BCUT2D eigenvalue weighted by molar-refractivity contribution is 7.92. The lowest BCUT2D eigenvalue weighted by molar-refractivity contribution is 0.534. The number of aromatic nitrogens is 1. The number of anilines is 1. The van der Waals surface area contributed by atoms with E-state index >= 15 is 0 Å². The number of nitrogens with one attached hydrogen (secondary N) is 1. The van der Waals surface area contributed by atoms with Crippen molar-refractivity contribution < 1.29 is 12.8 Å². The van der Waals surface area contributed by atoms with E-state index in [1.54, 1.807) is 38.2 Å². The fourth-order valence-electron chi connectivity index (χ4n) is 2.60. The number of oxazole rings is 1. The van der Waals surface area contributed by atoms with Gasteiger partial charge in [0, 0.05) is 18.2 Å². The largest absolute Gasteiger partial charge is 0.441 e. The summed E-state index contributed by atoms with van der Waals surface area (Å²) in [5.74, 6) is 1.08. The Morgan fingerprint density at radius 2 is 1.92 bits per heavy atom. The Morgan fingerprint density at radius 1 is 1.12 bits per heavy atom. The lowest BCUT2D eigenvalue weighted by atomic mass is 10.1. The van der Waals surface area contributed by atoms with Gasteiger partial charge in [-0.1, -0.05) is 31.2 Å². The summed E-state index contributed by atoms with van der Waals surface area (Å²) in [5.41, 5.74) is 2.97. The van der Waals surface area contributed by atoms with Gasteiger partial charge in [0.15, 0.2) is 11.7 Å². The molecule has 0 radical (unpaired) electrons. The van der Waals surface area contributed by atoms with E-state index in [-0.39, 0.29) is 4.90 Å². The van der Waals surface area contributed by atoms with Crippen LogP contribution in [0.5, 0.6) is 0 Å². The summed E-state index contributed by atoms with van der Waals surface area (Å²) in [6.07, 6.45) is 2.43. The predicted molar refractivity (Wildman–Crippen MR) is 98.0 cm³/mol. The first kappa shape index (κ1) is 17.2. The highest BCUT2D eigenvalue weighted by Crippen LogP contribution is 2.27. The average molecular weight is 356 g/mol. The molecule has 25 heavy (non-hydrogen) atoms. The SMILES string of the molecule is CCc1cccc(NS(=O)(=O)c2cc(-c3cnc(C)o3)ccc2C)c1. The topological polar surface area (TPSA) is 72.2 Å². The summed E-state index contributed by atoms with van der Waals surface area (Å²) >= 11 is 0. The number of nitrogens with zero attached hydrogens (tertiary/aromatic N) is 1. The van der Waals surface area contributed by atoms with Gasteiger partial charge < -0.3 is 4.42 Å². The maximum absolute atomic E-state index is 12.9. The van der Waals surface area contributed by atoms with Crippen molar-refractivity contribution >= 4 is 15.7 Å². The zero-order valence-corrected chi connectivity index (χ0v) is 15.2. The van der Waals surface area contributed by atoms with E-state index in [9.17, 15) is 8.42 Å². The van der Waals surface area contributed by atoms with Gasteiger partial charge in [0.25, 0.3) is 10.0 Å². The Labute approximate surface area is 147 Å². The van der Waals surface area contributed by atoms with Crippen molar-refractivity contribution in [1.29, 1.82) is 0 Å².